The van der Waals surface area contributed by atoms with Crippen LogP contribution in [0.25, 0.3) is 0 Å². The number of carbonyl (C=O) groups excluding carboxylic acids is 2. The van der Waals surface area contributed by atoms with Crippen LogP contribution in [-0.2, 0) is 20.1 Å². The van der Waals surface area contributed by atoms with Gasteiger partial charge in [-0.25, -0.2) is 4.79 Å². The van der Waals surface area contributed by atoms with E-state index in [1.54, 1.807) is 12.1 Å². The number of benzene rings is 1. The van der Waals surface area contributed by atoms with Gasteiger partial charge in [-0.1, -0.05) is 23.7 Å². The van der Waals surface area contributed by atoms with Crippen molar-refractivity contribution in [3.63, 3.8) is 0 Å². The molecule has 0 bridgehead atoms. The molecule has 0 saturated heterocycles. The summed E-state index contributed by atoms with van der Waals surface area (Å²) in [5.74, 6) is -0.768. The minimum atomic E-state index is -1.08. The molecule has 2 amide bonds. The van der Waals surface area contributed by atoms with Gasteiger partial charge in [-0.15, -0.1) is 11.8 Å². The first-order valence-electron chi connectivity index (χ1n) is 7.40. The number of aliphatic carboxylic acids is 1. The van der Waals surface area contributed by atoms with E-state index >= 15 is 0 Å². The number of hydrogen-bond acceptors (Lipinski definition) is 4. The van der Waals surface area contributed by atoms with Crippen molar-refractivity contribution in [1.29, 1.82) is 0 Å². The van der Waals surface area contributed by atoms with Crippen molar-refractivity contribution in [2.45, 2.75) is 25.6 Å². The van der Waals surface area contributed by atoms with Crippen LogP contribution in [0.4, 0.5) is 0 Å². The molecule has 0 heterocycles. The molecule has 0 spiro atoms. The molecule has 132 valence electrons. The van der Waals surface area contributed by atoms with E-state index in [2.05, 4.69) is 5.32 Å². The van der Waals surface area contributed by atoms with Gasteiger partial charge < -0.3 is 15.3 Å². The summed E-state index contributed by atoms with van der Waals surface area (Å²) < 4.78 is 0. The standard InChI is InChI=1S/C16H21ClN2O4S/c1-11(16(22)23)19(8-7-18-12(2)20)15(21)10-24-9-13-3-5-14(17)6-4-13/h3-6,11H,7-10H2,1-2H3,(H,18,20)(H,22,23). The minimum Gasteiger partial charge on any atom is -0.480 e. The number of nitrogens with zero attached hydrogens (tertiary/aromatic N) is 1. The Morgan fingerprint density at radius 2 is 1.92 bits per heavy atom. The summed E-state index contributed by atoms with van der Waals surface area (Å²) in [5, 5.41) is 12.4. The number of amides is 2. The third-order valence-electron chi connectivity index (χ3n) is 3.28. The van der Waals surface area contributed by atoms with Gasteiger partial charge in [0.25, 0.3) is 0 Å². The van der Waals surface area contributed by atoms with Crippen LogP contribution >= 0.6 is 23.4 Å². The molecule has 0 aliphatic carbocycles. The van der Waals surface area contributed by atoms with Crippen LogP contribution in [0.2, 0.25) is 5.02 Å². The van der Waals surface area contributed by atoms with Gasteiger partial charge in [0, 0.05) is 30.8 Å². The van der Waals surface area contributed by atoms with Crippen molar-refractivity contribution >= 4 is 41.1 Å². The van der Waals surface area contributed by atoms with Crippen molar-refractivity contribution in [3.05, 3.63) is 34.9 Å². The van der Waals surface area contributed by atoms with Crippen molar-refractivity contribution in [2.75, 3.05) is 18.8 Å². The Morgan fingerprint density at radius 1 is 1.29 bits per heavy atom. The molecule has 1 atom stereocenters. The molecule has 1 aromatic rings. The Hall–Kier alpha value is -1.73. The third-order valence-corrected chi connectivity index (χ3v) is 4.52. The Bertz CT molecular complexity index is 580. The predicted molar refractivity (Wildman–Crippen MR) is 95.1 cm³/mol. The lowest BCUT2D eigenvalue weighted by molar-refractivity contribution is -0.148. The molecule has 8 heteroatoms. The Morgan fingerprint density at radius 3 is 2.46 bits per heavy atom. The van der Waals surface area contributed by atoms with E-state index < -0.39 is 12.0 Å². The fourth-order valence-corrected chi connectivity index (χ4v) is 2.94. The average molecular weight is 373 g/mol. The van der Waals surface area contributed by atoms with E-state index in [1.165, 1.54) is 30.5 Å². The lowest BCUT2D eigenvalue weighted by Crippen LogP contribution is -2.47. The highest BCUT2D eigenvalue weighted by molar-refractivity contribution is 7.99. The van der Waals surface area contributed by atoms with Gasteiger partial charge in [0.2, 0.25) is 11.8 Å². The Labute approximate surface area is 150 Å². The van der Waals surface area contributed by atoms with Gasteiger partial charge in [0.1, 0.15) is 6.04 Å². The number of carboxylic acids is 1. The van der Waals surface area contributed by atoms with Crippen LogP contribution in [0.5, 0.6) is 0 Å². The zero-order valence-corrected chi connectivity index (χ0v) is 15.2. The van der Waals surface area contributed by atoms with Crippen molar-refractivity contribution < 1.29 is 19.5 Å². The summed E-state index contributed by atoms with van der Waals surface area (Å²) in [6.07, 6.45) is 0. The zero-order valence-electron chi connectivity index (χ0n) is 13.6. The largest absolute Gasteiger partial charge is 0.480 e. The second-order valence-corrected chi connectivity index (χ2v) is 6.63. The highest BCUT2D eigenvalue weighted by Crippen LogP contribution is 2.16. The van der Waals surface area contributed by atoms with E-state index in [0.717, 1.165) is 5.56 Å². The molecule has 0 fully saturated rings. The highest BCUT2D eigenvalue weighted by atomic mass is 35.5. The van der Waals surface area contributed by atoms with Crippen molar-refractivity contribution in [3.8, 4) is 0 Å². The number of rotatable bonds is 9. The lowest BCUT2D eigenvalue weighted by atomic mass is 10.2. The fourth-order valence-electron chi connectivity index (χ4n) is 1.94. The van der Waals surface area contributed by atoms with E-state index in [0.29, 0.717) is 10.8 Å². The molecular formula is C16H21ClN2O4S. The maximum Gasteiger partial charge on any atom is 0.326 e. The Balaban J connectivity index is 2.54. The normalized spacial score (nSPS) is 11.6. The van der Waals surface area contributed by atoms with Crippen LogP contribution in [0.3, 0.4) is 0 Å². The van der Waals surface area contributed by atoms with Gasteiger partial charge in [0.05, 0.1) is 5.75 Å². The molecule has 0 aromatic heterocycles. The molecule has 0 aliphatic rings. The smallest absolute Gasteiger partial charge is 0.326 e. The lowest BCUT2D eigenvalue weighted by Gasteiger charge is -2.26. The first kappa shape index (κ1) is 20.3. The van der Waals surface area contributed by atoms with Crippen LogP contribution in [-0.4, -0.2) is 52.7 Å². The summed E-state index contributed by atoms with van der Waals surface area (Å²) in [7, 11) is 0. The monoisotopic (exact) mass is 372 g/mol. The summed E-state index contributed by atoms with van der Waals surface area (Å²) in [5.41, 5.74) is 1.04. The van der Waals surface area contributed by atoms with Crippen LogP contribution in [0, 0.1) is 0 Å². The fraction of sp³-hybridized carbons (Fsp3) is 0.438. The SMILES string of the molecule is CC(=O)NCCN(C(=O)CSCc1ccc(Cl)cc1)C(C)C(=O)O. The van der Waals surface area contributed by atoms with Crippen LogP contribution < -0.4 is 5.32 Å². The number of hydrogen-bond donors (Lipinski definition) is 2. The van der Waals surface area contributed by atoms with E-state index in [-0.39, 0.29) is 30.7 Å². The topological polar surface area (TPSA) is 86.7 Å². The average Bonchev–Trinajstić information content (AvgIpc) is 2.52. The predicted octanol–water partition coefficient (Wildman–Crippen LogP) is 2.01. The highest BCUT2D eigenvalue weighted by Gasteiger charge is 2.24. The molecule has 0 radical (unpaired) electrons. The Kier molecular flexibility index (Phi) is 8.63. The van der Waals surface area contributed by atoms with E-state index in [9.17, 15) is 14.4 Å². The molecule has 2 N–H and O–H groups in total. The van der Waals surface area contributed by atoms with Gasteiger partial charge >= 0.3 is 5.97 Å². The number of nitrogens with one attached hydrogen (secondary N) is 1. The number of carbonyl (C=O) groups is 3. The van der Waals surface area contributed by atoms with Gasteiger partial charge in [-0.2, -0.15) is 0 Å². The van der Waals surface area contributed by atoms with Crippen molar-refractivity contribution in [2.24, 2.45) is 0 Å². The molecule has 24 heavy (non-hydrogen) atoms. The second-order valence-electron chi connectivity index (χ2n) is 5.20. The van der Waals surface area contributed by atoms with E-state index in [1.807, 2.05) is 12.1 Å². The number of halogens is 1. The van der Waals surface area contributed by atoms with Gasteiger partial charge in [0.15, 0.2) is 0 Å². The summed E-state index contributed by atoms with van der Waals surface area (Å²) in [4.78, 5) is 35.7. The maximum atomic E-state index is 12.3. The molecule has 1 rings (SSSR count). The first-order valence-corrected chi connectivity index (χ1v) is 8.93. The van der Waals surface area contributed by atoms with Gasteiger partial charge in [-0.05, 0) is 24.6 Å². The summed E-state index contributed by atoms with van der Waals surface area (Å²) >= 11 is 7.22. The first-order chi connectivity index (χ1) is 11.3. The number of carboxylic acid groups (broad SMARTS) is 1. The number of thioether (sulfide) groups is 1. The molecule has 6 nitrogen and oxygen atoms in total. The minimum absolute atomic E-state index is 0.160. The van der Waals surface area contributed by atoms with Crippen molar-refractivity contribution in [1.82, 2.24) is 10.2 Å². The maximum absolute atomic E-state index is 12.3. The molecule has 0 saturated carbocycles. The third kappa shape index (κ3) is 7.23. The molecular weight excluding hydrogens is 352 g/mol. The molecule has 1 aromatic carbocycles. The summed E-state index contributed by atoms with van der Waals surface area (Å²) in [6, 6.07) is 6.39. The second kappa shape index (κ2) is 10.2. The van der Waals surface area contributed by atoms with Crippen LogP contribution in [0.15, 0.2) is 24.3 Å². The van der Waals surface area contributed by atoms with E-state index in [4.69, 9.17) is 16.7 Å². The quantitative estimate of drug-likeness (QED) is 0.692. The zero-order chi connectivity index (χ0) is 18.1. The summed E-state index contributed by atoms with van der Waals surface area (Å²) in [6.45, 7) is 3.21. The van der Waals surface area contributed by atoms with Gasteiger partial charge in [-0.3, -0.25) is 9.59 Å². The van der Waals surface area contributed by atoms with Crippen LogP contribution in [0.1, 0.15) is 19.4 Å². The molecule has 1 unspecified atom stereocenters. The molecule has 0 aliphatic heterocycles.